The van der Waals surface area contributed by atoms with Gasteiger partial charge in [-0.3, -0.25) is 0 Å². The summed E-state index contributed by atoms with van der Waals surface area (Å²) in [4.78, 5) is 1.88. The zero-order chi connectivity index (χ0) is 7.28. The van der Waals surface area contributed by atoms with Crippen molar-refractivity contribution in [3.8, 4) is 0 Å². The van der Waals surface area contributed by atoms with Gasteiger partial charge in [-0.2, -0.15) is 0 Å². The Labute approximate surface area is 56.1 Å². The van der Waals surface area contributed by atoms with Gasteiger partial charge in [0, 0.05) is 0 Å². The van der Waals surface area contributed by atoms with Crippen LogP contribution in [0.5, 0.6) is 0 Å². The highest BCUT2D eigenvalue weighted by Crippen LogP contribution is 1.89. The Kier molecular flexibility index (Phi) is 3.80. The molecule has 0 aromatic rings. The van der Waals surface area contributed by atoms with Crippen LogP contribution in [-0.4, -0.2) is 30.6 Å². The highest BCUT2D eigenvalue weighted by atomic mass is 16.3. The first kappa shape index (κ1) is 8.24. The summed E-state index contributed by atoms with van der Waals surface area (Å²) in [5, 5.41) is 8.97. The van der Waals surface area contributed by atoms with Gasteiger partial charge in [-0.05, 0) is 20.2 Å². The maximum atomic E-state index is 8.97. The van der Waals surface area contributed by atoms with E-state index in [9.17, 15) is 0 Å². The van der Waals surface area contributed by atoms with Gasteiger partial charge in [0.05, 0.1) is 6.54 Å². The summed E-state index contributed by atoms with van der Waals surface area (Å²) in [6.07, 6.45) is 3.15. The van der Waals surface area contributed by atoms with Crippen LogP contribution in [0.2, 0.25) is 0 Å². The summed E-state index contributed by atoms with van der Waals surface area (Å²) in [6.45, 7) is 4.03. The number of allylic oxidation sites excluding steroid dienone is 2. The summed E-state index contributed by atoms with van der Waals surface area (Å²) < 4.78 is 0. The standard InChI is InChI=1S/C7H13NO/c1-4-5-7(9)6-8(2)3/h4-5,9H,1,6H2,2-3H3/b7-5-. The van der Waals surface area contributed by atoms with E-state index < -0.39 is 0 Å². The van der Waals surface area contributed by atoms with Gasteiger partial charge in [0.25, 0.3) is 0 Å². The number of rotatable bonds is 3. The normalized spacial score (nSPS) is 12.1. The molecule has 0 fully saturated rings. The molecule has 0 radical (unpaired) electrons. The van der Waals surface area contributed by atoms with Crippen molar-refractivity contribution in [1.29, 1.82) is 0 Å². The summed E-state index contributed by atoms with van der Waals surface area (Å²) >= 11 is 0. The highest BCUT2D eigenvalue weighted by Gasteiger charge is 1.91. The van der Waals surface area contributed by atoms with Crippen LogP contribution < -0.4 is 0 Å². The van der Waals surface area contributed by atoms with E-state index in [1.807, 2.05) is 19.0 Å². The van der Waals surface area contributed by atoms with Gasteiger partial charge in [0.2, 0.25) is 0 Å². The first-order valence-electron chi connectivity index (χ1n) is 2.82. The Morgan fingerprint density at radius 1 is 1.67 bits per heavy atom. The molecule has 2 nitrogen and oxygen atoms in total. The number of hydrogen-bond donors (Lipinski definition) is 1. The van der Waals surface area contributed by atoms with Gasteiger partial charge in [-0.25, -0.2) is 0 Å². The van der Waals surface area contributed by atoms with Crippen molar-refractivity contribution in [3.63, 3.8) is 0 Å². The zero-order valence-corrected chi connectivity index (χ0v) is 5.96. The second kappa shape index (κ2) is 4.15. The maximum Gasteiger partial charge on any atom is 0.106 e. The molecule has 2 heteroatoms. The average Bonchev–Trinajstić information content (AvgIpc) is 1.63. The second-order valence-electron chi connectivity index (χ2n) is 2.13. The molecule has 0 spiro atoms. The van der Waals surface area contributed by atoms with E-state index in [2.05, 4.69) is 6.58 Å². The Morgan fingerprint density at radius 3 is 2.56 bits per heavy atom. The number of likely N-dealkylation sites (N-methyl/N-ethyl adjacent to an activating group) is 1. The lowest BCUT2D eigenvalue weighted by molar-refractivity contribution is 0.324. The zero-order valence-electron chi connectivity index (χ0n) is 5.96. The first-order chi connectivity index (χ1) is 4.16. The molecule has 0 amide bonds. The minimum atomic E-state index is 0.343. The fourth-order valence-electron chi connectivity index (χ4n) is 0.513. The van der Waals surface area contributed by atoms with E-state index in [1.165, 1.54) is 0 Å². The third kappa shape index (κ3) is 5.11. The minimum absolute atomic E-state index is 0.343. The summed E-state index contributed by atoms with van der Waals surface area (Å²) in [5.74, 6) is 0.343. The molecule has 0 bridgehead atoms. The number of hydrogen-bond acceptors (Lipinski definition) is 2. The van der Waals surface area contributed by atoms with E-state index in [0.717, 1.165) is 0 Å². The van der Waals surface area contributed by atoms with Crippen molar-refractivity contribution in [2.24, 2.45) is 0 Å². The van der Waals surface area contributed by atoms with Crippen LogP contribution in [0.3, 0.4) is 0 Å². The van der Waals surface area contributed by atoms with Crippen molar-refractivity contribution >= 4 is 0 Å². The van der Waals surface area contributed by atoms with E-state index >= 15 is 0 Å². The molecule has 0 aliphatic carbocycles. The van der Waals surface area contributed by atoms with E-state index in [4.69, 9.17) is 5.11 Å². The number of aliphatic hydroxyl groups is 1. The third-order valence-electron chi connectivity index (χ3n) is 0.788. The molecule has 9 heavy (non-hydrogen) atoms. The predicted octanol–water partition coefficient (Wildman–Crippen LogP) is 1.18. The average molecular weight is 127 g/mol. The topological polar surface area (TPSA) is 23.5 Å². The molecule has 0 aliphatic heterocycles. The highest BCUT2D eigenvalue weighted by molar-refractivity contribution is 5.03. The molecule has 0 saturated carbocycles. The maximum absolute atomic E-state index is 8.97. The van der Waals surface area contributed by atoms with Gasteiger partial charge in [0.1, 0.15) is 5.76 Å². The van der Waals surface area contributed by atoms with Gasteiger partial charge in [0.15, 0.2) is 0 Å². The first-order valence-corrected chi connectivity index (χ1v) is 2.82. The van der Waals surface area contributed by atoms with Crippen LogP contribution >= 0.6 is 0 Å². The summed E-state index contributed by atoms with van der Waals surface area (Å²) in [6, 6.07) is 0. The largest absolute Gasteiger partial charge is 0.511 e. The lowest BCUT2D eigenvalue weighted by Gasteiger charge is -2.06. The van der Waals surface area contributed by atoms with Crippen LogP contribution in [0.4, 0.5) is 0 Å². The second-order valence-corrected chi connectivity index (χ2v) is 2.13. The number of aliphatic hydroxyl groups excluding tert-OH is 1. The van der Waals surface area contributed by atoms with Crippen molar-refractivity contribution in [2.75, 3.05) is 20.6 Å². The molecule has 52 valence electrons. The van der Waals surface area contributed by atoms with Crippen LogP contribution in [0.1, 0.15) is 0 Å². The Bertz CT molecular complexity index is 116. The predicted molar refractivity (Wildman–Crippen MR) is 39.5 cm³/mol. The van der Waals surface area contributed by atoms with E-state index in [0.29, 0.717) is 12.3 Å². The molecule has 0 heterocycles. The molecule has 0 unspecified atom stereocenters. The molecule has 0 rings (SSSR count). The fourth-order valence-corrected chi connectivity index (χ4v) is 0.513. The smallest absolute Gasteiger partial charge is 0.106 e. The van der Waals surface area contributed by atoms with Gasteiger partial charge < -0.3 is 10.0 Å². The fraction of sp³-hybridized carbons (Fsp3) is 0.429. The molecule has 0 aromatic heterocycles. The summed E-state index contributed by atoms with van der Waals surface area (Å²) in [5.41, 5.74) is 0. The lowest BCUT2D eigenvalue weighted by Crippen LogP contribution is -2.14. The van der Waals surface area contributed by atoms with Gasteiger partial charge in [-0.15, -0.1) is 0 Å². The monoisotopic (exact) mass is 127 g/mol. The molecule has 0 atom stereocenters. The minimum Gasteiger partial charge on any atom is -0.511 e. The Balaban J connectivity index is 3.61. The Morgan fingerprint density at radius 2 is 2.22 bits per heavy atom. The van der Waals surface area contributed by atoms with Crippen LogP contribution in [0, 0.1) is 0 Å². The van der Waals surface area contributed by atoms with E-state index in [1.54, 1.807) is 12.2 Å². The van der Waals surface area contributed by atoms with Gasteiger partial charge >= 0.3 is 0 Å². The Hall–Kier alpha value is -0.760. The van der Waals surface area contributed by atoms with Crippen molar-refractivity contribution < 1.29 is 5.11 Å². The van der Waals surface area contributed by atoms with Crippen molar-refractivity contribution in [1.82, 2.24) is 4.90 Å². The molecular weight excluding hydrogens is 114 g/mol. The molecular formula is C7H13NO. The van der Waals surface area contributed by atoms with E-state index in [-0.39, 0.29) is 0 Å². The quantitative estimate of drug-likeness (QED) is 0.454. The van der Waals surface area contributed by atoms with Gasteiger partial charge in [-0.1, -0.05) is 12.7 Å². The van der Waals surface area contributed by atoms with Crippen LogP contribution in [0.25, 0.3) is 0 Å². The van der Waals surface area contributed by atoms with Crippen LogP contribution in [0.15, 0.2) is 24.5 Å². The SMILES string of the molecule is C=C/C=C(\O)CN(C)C. The van der Waals surface area contributed by atoms with Crippen LogP contribution in [-0.2, 0) is 0 Å². The number of nitrogens with zero attached hydrogens (tertiary/aromatic N) is 1. The summed E-state index contributed by atoms with van der Waals surface area (Å²) in [7, 11) is 3.79. The molecule has 1 N–H and O–H groups in total. The molecule has 0 aliphatic rings. The molecule has 0 saturated heterocycles. The van der Waals surface area contributed by atoms with Crippen molar-refractivity contribution in [3.05, 3.63) is 24.5 Å². The lowest BCUT2D eigenvalue weighted by atomic mass is 10.4. The van der Waals surface area contributed by atoms with Crippen molar-refractivity contribution in [2.45, 2.75) is 0 Å². The molecule has 0 aromatic carbocycles. The third-order valence-corrected chi connectivity index (χ3v) is 0.788.